The van der Waals surface area contributed by atoms with Gasteiger partial charge in [0.05, 0.1) is 15.9 Å². The maximum absolute atomic E-state index is 5.19. The molecule has 0 atom stereocenters. The third kappa shape index (κ3) is 5.45. The number of rotatable bonds is 4. The predicted octanol–water partition coefficient (Wildman–Crippen LogP) is 10.5. The van der Waals surface area contributed by atoms with Gasteiger partial charge in [-0.15, -0.1) is 11.3 Å². The number of pyridine rings is 1. The standard InChI is InChI=1S/C37H35N3S/c1-36(2,3)26-18-24(19-27(20-26)37(4,5)6)21-39-32-16-10-9-14-30(32)35-40-34-29(15-11-17-33(34)41-35)31-23-38-22-25-12-7-8-13-28(25)31/h7-23H,1-6H3. The predicted molar refractivity (Wildman–Crippen MR) is 177 cm³/mol. The van der Waals surface area contributed by atoms with Crippen LogP contribution in [-0.2, 0) is 10.8 Å². The lowest BCUT2D eigenvalue weighted by atomic mass is 9.79. The summed E-state index contributed by atoms with van der Waals surface area (Å²) in [4.78, 5) is 14.7. The fraction of sp³-hybridized carbons (Fsp3) is 0.216. The Morgan fingerprint density at radius 2 is 1.37 bits per heavy atom. The highest BCUT2D eigenvalue weighted by Gasteiger charge is 2.20. The minimum atomic E-state index is 0.0556. The molecule has 4 heteroatoms. The van der Waals surface area contributed by atoms with Crippen molar-refractivity contribution in [2.24, 2.45) is 4.99 Å². The van der Waals surface area contributed by atoms with E-state index in [0.29, 0.717) is 0 Å². The Hall–Kier alpha value is -4.15. The second-order valence-electron chi connectivity index (χ2n) is 12.7. The Kier molecular flexibility index (Phi) is 6.83. The number of benzene rings is 4. The summed E-state index contributed by atoms with van der Waals surface area (Å²) in [5.41, 5.74) is 9.02. The summed E-state index contributed by atoms with van der Waals surface area (Å²) in [6.45, 7) is 13.6. The van der Waals surface area contributed by atoms with Crippen LogP contribution in [0.4, 0.5) is 5.69 Å². The molecule has 0 aliphatic carbocycles. The minimum Gasteiger partial charge on any atom is -0.263 e. The molecule has 0 fully saturated rings. The highest BCUT2D eigenvalue weighted by Crippen LogP contribution is 2.40. The smallest absolute Gasteiger partial charge is 0.126 e. The van der Waals surface area contributed by atoms with Crippen LogP contribution in [-0.4, -0.2) is 16.2 Å². The summed E-state index contributed by atoms with van der Waals surface area (Å²) in [5, 5.41) is 3.27. The average molecular weight is 554 g/mol. The Morgan fingerprint density at radius 3 is 2.12 bits per heavy atom. The van der Waals surface area contributed by atoms with Crippen molar-refractivity contribution in [3.05, 3.63) is 114 Å². The largest absolute Gasteiger partial charge is 0.263 e. The molecule has 41 heavy (non-hydrogen) atoms. The third-order valence-corrected chi connectivity index (χ3v) is 8.61. The first-order valence-electron chi connectivity index (χ1n) is 14.1. The van der Waals surface area contributed by atoms with Gasteiger partial charge in [-0.1, -0.05) is 96.1 Å². The summed E-state index contributed by atoms with van der Waals surface area (Å²) in [6.07, 6.45) is 5.87. The first-order valence-corrected chi connectivity index (χ1v) is 14.9. The maximum Gasteiger partial charge on any atom is 0.126 e. The molecule has 204 valence electrons. The van der Waals surface area contributed by atoms with Crippen LogP contribution in [0, 0.1) is 0 Å². The lowest BCUT2D eigenvalue weighted by Gasteiger charge is -2.25. The molecule has 0 unspecified atom stereocenters. The summed E-state index contributed by atoms with van der Waals surface area (Å²) in [6, 6.07) is 30.0. The second-order valence-corrected chi connectivity index (χ2v) is 13.7. The van der Waals surface area contributed by atoms with E-state index in [1.807, 2.05) is 24.7 Å². The van der Waals surface area contributed by atoms with Crippen LogP contribution in [0.1, 0.15) is 58.2 Å². The van der Waals surface area contributed by atoms with Crippen LogP contribution in [0.15, 0.2) is 102 Å². The molecule has 4 aromatic carbocycles. The molecule has 3 nitrogen and oxygen atoms in total. The number of nitrogens with zero attached hydrogens (tertiary/aromatic N) is 3. The lowest BCUT2D eigenvalue weighted by Crippen LogP contribution is -2.17. The van der Waals surface area contributed by atoms with Crippen molar-refractivity contribution in [2.45, 2.75) is 52.4 Å². The second kappa shape index (κ2) is 10.4. The number of hydrogen-bond donors (Lipinski definition) is 0. The molecule has 0 saturated carbocycles. The summed E-state index contributed by atoms with van der Waals surface area (Å²) >= 11 is 1.71. The molecular formula is C37H35N3S. The third-order valence-electron chi connectivity index (χ3n) is 7.55. The van der Waals surface area contributed by atoms with E-state index in [-0.39, 0.29) is 10.8 Å². The van der Waals surface area contributed by atoms with Gasteiger partial charge < -0.3 is 0 Å². The maximum atomic E-state index is 5.19. The van der Waals surface area contributed by atoms with Gasteiger partial charge >= 0.3 is 0 Å². The van der Waals surface area contributed by atoms with E-state index in [2.05, 4.69) is 125 Å². The van der Waals surface area contributed by atoms with Gasteiger partial charge in [0, 0.05) is 40.7 Å². The summed E-state index contributed by atoms with van der Waals surface area (Å²) in [7, 11) is 0. The van der Waals surface area contributed by atoms with Crippen molar-refractivity contribution in [1.29, 1.82) is 0 Å². The van der Waals surface area contributed by atoms with Crippen LogP contribution in [0.5, 0.6) is 0 Å². The first-order chi connectivity index (χ1) is 19.6. The van der Waals surface area contributed by atoms with E-state index in [0.717, 1.165) is 48.6 Å². The van der Waals surface area contributed by atoms with Gasteiger partial charge in [0.1, 0.15) is 5.01 Å². The van der Waals surface area contributed by atoms with Crippen molar-refractivity contribution in [1.82, 2.24) is 9.97 Å². The van der Waals surface area contributed by atoms with E-state index in [9.17, 15) is 0 Å². The van der Waals surface area contributed by atoms with Crippen molar-refractivity contribution < 1.29 is 0 Å². The van der Waals surface area contributed by atoms with Crippen molar-refractivity contribution in [2.75, 3.05) is 0 Å². The number of para-hydroxylation sites is 2. The molecule has 6 aromatic rings. The molecule has 2 heterocycles. The fourth-order valence-corrected chi connectivity index (χ4v) is 6.14. The highest BCUT2D eigenvalue weighted by atomic mass is 32.1. The summed E-state index contributed by atoms with van der Waals surface area (Å²) < 4.78 is 1.15. The monoisotopic (exact) mass is 553 g/mol. The molecule has 0 aliphatic rings. The number of hydrogen-bond acceptors (Lipinski definition) is 4. The Labute approximate surface area is 246 Å². The molecule has 0 aliphatic heterocycles. The van der Waals surface area contributed by atoms with Crippen molar-refractivity contribution in [3.8, 4) is 21.7 Å². The highest BCUT2D eigenvalue weighted by molar-refractivity contribution is 7.21. The van der Waals surface area contributed by atoms with Gasteiger partial charge in [0.2, 0.25) is 0 Å². The number of fused-ring (bicyclic) bond motifs is 2. The first kappa shape index (κ1) is 27.0. The van der Waals surface area contributed by atoms with Crippen LogP contribution in [0.3, 0.4) is 0 Å². The zero-order valence-corrected chi connectivity index (χ0v) is 25.4. The molecular weight excluding hydrogens is 518 g/mol. The van der Waals surface area contributed by atoms with Crippen molar-refractivity contribution >= 4 is 44.2 Å². The molecule has 0 bridgehead atoms. The van der Waals surface area contributed by atoms with Gasteiger partial charge in [-0.25, -0.2) is 4.98 Å². The van der Waals surface area contributed by atoms with Crippen LogP contribution >= 0.6 is 11.3 Å². The average Bonchev–Trinajstić information content (AvgIpc) is 3.39. The Morgan fingerprint density at radius 1 is 0.683 bits per heavy atom. The van der Waals surface area contributed by atoms with Gasteiger partial charge in [0.25, 0.3) is 0 Å². The molecule has 0 N–H and O–H groups in total. The van der Waals surface area contributed by atoms with Gasteiger partial charge in [-0.05, 0) is 63.2 Å². The molecule has 6 rings (SSSR count). The Bertz CT molecular complexity index is 1880. The van der Waals surface area contributed by atoms with Gasteiger partial charge in [-0.3, -0.25) is 9.98 Å². The lowest BCUT2D eigenvalue weighted by molar-refractivity contribution is 0.568. The molecule has 0 radical (unpaired) electrons. The number of aliphatic imine (C=N–C) groups is 1. The molecule has 0 saturated heterocycles. The van der Waals surface area contributed by atoms with E-state index in [4.69, 9.17) is 9.98 Å². The summed E-state index contributed by atoms with van der Waals surface area (Å²) in [5.74, 6) is 0. The quantitative estimate of drug-likeness (QED) is 0.204. The van der Waals surface area contributed by atoms with E-state index >= 15 is 0 Å². The molecule has 0 amide bonds. The van der Waals surface area contributed by atoms with E-state index < -0.39 is 0 Å². The van der Waals surface area contributed by atoms with Crippen LogP contribution < -0.4 is 0 Å². The SMILES string of the molecule is CC(C)(C)c1cc(C=Nc2ccccc2-c2nc3c(-c4cncc5ccccc45)cccc3s2)cc(C(C)(C)C)c1. The topological polar surface area (TPSA) is 38.1 Å². The molecule has 0 spiro atoms. The Balaban J connectivity index is 1.43. The zero-order valence-electron chi connectivity index (χ0n) is 24.6. The van der Waals surface area contributed by atoms with Crippen LogP contribution in [0.2, 0.25) is 0 Å². The zero-order chi connectivity index (χ0) is 28.8. The fourth-order valence-electron chi connectivity index (χ4n) is 5.12. The number of thiazole rings is 1. The van der Waals surface area contributed by atoms with Crippen molar-refractivity contribution in [3.63, 3.8) is 0 Å². The van der Waals surface area contributed by atoms with Crippen LogP contribution in [0.25, 0.3) is 42.7 Å². The minimum absolute atomic E-state index is 0.0556. The van der Waals surface area contributed by atoms with Gasteiger partial charge in [0.15, 0.2) is 0 Å². The van der Waals surface area contributed by atoms with E-state index in [1.54, 1.807) is 11.3 Å². The van der Waals surface area contributed by atoms with E-state index in [1.165, 1.54) is 16.5 Å². The van der Waals surface area contributed by atoms with Gasteiger partial charge in [-0.2, -0.15) is 0 Å². The normalized spacial score (nSPS) is 12.5. The molecule has 2 aromatic heterocycles. The number of aromatic nitrogens is 2.